The molecule has 0 saturated carbocycles. The van der Waals surface area contributed by atoms with Gasteiger partial charge in [-0.15, -0.1) is 0 Å². The molecule has 0 bridgehead atoms. The number of nitrogens with zero attached hydrogens (tertiary/aromatic N) is 2. The van der Waals surface area contributed by atoms with Gasteiger partial charge in [0.05, 0.1) is 15.9 Å². The van der Waals surface area contributed by atoms with Crippen LogP contribution in [0.4, 0.5) is 17.1 Å². The van der Waals surface area contributed by atoms with Crippen molar-refractivity contribution in [2.45, 2.75) is 0 Å². The number of rotatable bonds is 4. The topological polar surface area (TPSA) is 146 Å². The minimum absolute atomic E-state index is 0.265. The van der Waals surface area contributed by atoms with Crippen LogP contribution in [0.15, 0.2) is 56.1 Å². The highest BCUT2D eigenvalue weighted by Crippen LogP contribution is 2.29. The quantitative estimate of drug-likeness (QED) is 0.375. The van der Waals surface area contributed by atoms with Gasteiger partial charge in [0.2, 0.25) is 0 Å². The molecule has 1 aromatic heterocycles. The number of benzene rings is 2. The third-order valence-corrected chi connectivity index (χ3v) is 4.07. The maximum absolute atomic E-state index is 12.4. The monoisotopic (exact) mass is 433 g/mol. The molecule has 1 amide bonds. The van der Waals surface area contributed by atoms with Crippen LogP contribution >= 0.6 is 15.9 Å². The molecule has 1 heterocycles. The van der Waals surface area contributed by atoms with E-state index in [0.29, 0.717) is 9.86 Å². The average molecular weight is 434 g/mol. The Morgan fingerprint density at radius 2 is 1.78 bits per heavy atom. The van der Waals surface area contributed by atoms with Crippen LogP contribution in [-0.4, -0.2) is 15.8 Å². The zero-order chi connectivity index (χ0) is 19.7. The van der Waals surface area contributed by atoms with Crippen LogP contribution in [0.25, 0.3) is 11.0 Å². The number of carbonyl (C=O) groups is 1. The van der Waals surface area contributed by atoms with E-state index < -0.39 is 32.8 Å². The van der Waals surface area contributed by atoms with Crippen LogP contribution in [0.2, 0.25) is 0 Å². The average Bonchev–Trinajstić information content (AvgIpc) is 2.61. The van der Waals surface area contributed by atoms with Gasteiger partial charge in [-0.1, -0.05) is 15.9 Å². The highest BCUT2D eigenvalue weighted by molar-refractivity contribution is 9.10. The molecule has 1 N–H and O–H groups in total. The fraction of sp³-hybridized carbons (Fsp3) is 0. The lowest BCUT2D eigenvalue weighted by atomic mass is 10.1. The Morgan fingerprint density at radius 1 is 1.04 bits per heavy atom. The molecule has 0 radical (unpaired) electrons. The number of nitro groups is 2. The second-order valence-corrected chi connectivity index (χ2v) is 6.22. The van der Waals surface area contributed by atoms with Crippen LogP contribution in [0, 0.1) is 20.2 Å². The molecule has 0 aliphatic rings. The molecule has 27 heavy (non-hydrogen) atoms. The molecule has 0 unspecified atom stereocenters. The summed E-state index contributed by atoms with van der Waals surface area (Å²) in [6, 6.07) is 8.86. The highest BCUT2D eigenvalue weighted by atomic mass is 79.9. The zero-order valence-electron chi connectivity index (χ0n) is 13.2. The Kier molecular flexibility index (Phi) is 4.69. The molecule has 0 saturated heterocycles. The number of fused-ring (bicyclic) bond motifs is 1. The second-order valence-electron chi connectivity index (χ2n) is 5.30. The SMILES string of the molecule is O=C(Nc1ccc([N+](=O)[O-])cc1[N+](=O)[O-])c1cc2cc(Br)ccc2oc1=O. The molecule has 0 aliphatic carbocycles. The van der Waals surface area contributed by atoms with Crippen LogP contribution in [-0.2, 0) is 0 Å². The minimum Gasteiger partial charge on any atom is -0.422 e. The Balaban J connectivity index is 2.02. The zero-order valence-corrected chi connectivity index (χ0v) is 14.8. The third kappa shape index (κ3) is 3.67. The van der Waals surface area contributed by atoms with Crippen molar-refractivity contribution in [2.75, 3.05) is 5.32 Å². The van der Waals surface area contributed by atoms with Crippen LogP contribution in [0.3, 0.4) is 0 Å². The molecule has 0 fully saturated rings. The summed E-state index contributed by atoms with van der Waals surface area (Å²) in [4.78, 5) is 44.7. The van der Waals surface area contributed by atoms with Crippen molar-refractivity contribution < 1.29 is 19.1 Å². The number of halogens is 1. The van der Waals surface area contributed by atoms with E-state index in [2.05, 4.69) is 21.2 Å². The second kappa shape index (κ2) is 6.96. The lowest BCUT2D eigenvalue weighted by molar-refractivity contribution is -0.393. The molecule has 136 valence electrons. The van der Waals surface area contributed by atoms with E-state index in [1.807, 2.05) is 0 Å². The number of anilines is 1. The molecule has 3 aromatic rings. The van der Waals surface area contributed by atoms with Crippen molar-refractivity contribution in [1.29, 1.82) is 0 Å². The van der Waals surface area contributed by atoms with Crippen LogP contribution in [0.1, 0.15) is 10.4 Å². The number of nitrogens with one attached hydrogen (secondary N) is 1. The fourth-order valence-corrected chi connectivity index (χ4v) is 2.71. The van der Waals surface area contributed by atoms with Crippen molar-refractivity contribution in [3.63, 3.8) is 0 Å². The summed E-state index contributed by atoms with van der Waals surface area (Å²) in [5, 5.41) is 24.6. The van der Waals surface area contributed by atoms with Gasteiger partial charge in [-0.3, -0.25) is 25.0 Å². The molecule has 3 rings (SSSR count). The number of amides is 1. The first-order valence-electron chi connectivity index (χ1n) is 7.24. The molecule has 10 nitrogen and oxygen atoms in total. The van der Waals surface area contributed by atoms with E-state index in [9.17, 15) is 29.8 Å². The third-order valence-electron chi connectivity index (χ3n) is 3.58. The van der Waals surface area contributed by atoms with Gasteiger partial charge in [-0.2, -0.15) is 0 Å². The number of hydrogen-bond donors (Lipinski definition) is 1. The van der Waals surface area contributed by atoms with Gasteiger partial charge in [-0.25, -0.2) is 4.79 Å². The lowest BCUT2D eigenvalue weighted by Crippen LogP contribution is -2.21. The van der Waals surface area contributed by atoms with E-state index in [1.165, 1.54) is 6.07 Å². The van der Waals surface area contributed by atoms with Crippen molar-refractivity contribution >= 4 is 49.9 Å². The van der Waals surface area contributed by atoms with Gasteiger partial charge < -0.3 is 9.73 Å². The van der Waals surface area contributed by atoms with Gasteiger partial charge in [0.25, 0.3) is 17.3 Å². The number of hydrogen-bond acceptors (Lipinski definition) is 7. The van der Waals surface area contributed by atoms with Crippen molar-refractivity contribution in [3.05, 3.63) is 83.1 Å². The first kappa shape index (κ1) is 18.2. The van der Waals surface area contributed by atoms with Crippen LogP contribution in [0.5, 0.6) is 0 Å². The number of non-ortho nitro benzene ring substituents is 1. The van der Waals surface area contributed by atoms with Crippen molar-refractivity contribution in [2.24, 2.45) is 0 Å². The predicted molar refractivity (Wildman–Crippen MR) is 97.9 cm³/mol. The Bertz CT molecular complexity index is 1170. The summed E-state index contributed by atoms with van der Waals surface area (Å²) < 4.78 is 5.77. The molecule has 0 atom stereocenters. The molecular weight excluding hydrogens is 426 g/mol. The molecule has 0 aliphatic heterocycles. The van der Waals surface area contributed by atoms with Crippen LogP contribution < -0.4 is 10.9 Å². The van der Waals surface area contributed by atoms with E-state index in [4.69, 9.17) is 4.42 Å². The molecular formula is C16H8BrN3O7. The summed E-state index contributed by atoms with van der Waals surface area (Å²) in [5.41, 5.74) is -2.49. The molecule has 2 aromatic carbocycles. The van der Waals surface area contributed by atoms with Gasteiger partial charge >= 0.3 is 5.63 Å². The summed E-state index contributed by atoms with van der Waals surface area (Å²) >= 11 is 3.26. The van der Waals surface area contributed by atoms with E-state index in [-0.39, 0.29) is 16.8 Å². The van der Waals surface area contributed by atoms with Gasteiger partial charge in [0, 0.05) is 15.9 Å². The molecule has 11 heteroatoms. The van der Waals surface area contributed by atoms with Crippen molar-refractivity contribution in [3.8, 4) is 0 Å². The molecule has 0 spiro atoms. The lowest BCUT2D eigenvalue weighted by Gasteiger charge is -2.06. The summed E-state index contributed by atoms with van der Waals surface area (Å²) in [5.74, 6) is -0.942. The summed E-state index contributed by atoms with van der Waals surface area (Å²) in [7, 11) is 0. The highest BCUT2D eigenvalue weighted by Gasteiger charge is 2.22. The normalized spacial score (nSPS) is 10.6. The first-order valence-corrected chi connectivity index (χ1v) is 8.03. The smallest absolute Gasteiger partial charge is 0.349 e. The Hall–Kier alpha value is -3.60. The maximum Gasteiger partial charge on any atom is 0.349 e. The van der Waals surface area contributed by atoms with Gasteiger partial charge in [0.15, 0.2) is 0 Å². The number of nitro benzene ring substituents is 2. The van der Waals surface area contributed by atoms with E-state index in [1.54, 1.807) is 18.2 Å². The van der Waals surface area contributed by atoms with Crippen molar-refractivity contribution in [1.82, 2.24) is 0 Å². The summed E-state index contributed by atoms with van der Waals surface area (Å²) in [6.45, 7) is 0. The Morgan fingerprint density at radius 3 is 2.44 bits per heavy atom. The Labute approximate surface area is 157 Å². The predicted octanol–water partition coefficient (Wildman–Crippen LogP) is 3.62. The van der Waals surface area contributed by atoms with E-state index >= 15 is 0 Å². The maximum atomic E-state index is 12.4. The first-order chi connectivity index (χ1) is 12.8. The van der Waals surface area contributed by atoms with Gasteiger partial charge in [0.1, 0.15) is 16.8 Å². The standard InChI is InChI=1S/C16H8BrN3O7/c17-9-1-4-14-8(5-9)6-11(16(22)27-14)15(21)18-12-3-2-10(19(23)24)7-13(12)20(25)26/h1-7H,(H,18,21). The van der Waals surface area contributed by atoms with E-state index in [0.717, 1.165) is 18.2 Å². The van der Waals surface area contributed by atoms with Gasteiger partial charge in [-0.05, 0) is 30.3 Å². The largest absolute Gasteiger partial charge is 0.422 e. The summed E-state index contributed by atoms with van der Waals surface area (Å²) in [6.07, 6.45) is 0. The fourth-order valence-electron chi connectivity index (χ4n) is 2.33. The minimum atomic E-state index is -0.942. The number of carbonyl (C=O) groups excluding carboxylic acids is 1.